The molecule has 9 nitrogen and oxygen atoms in total. The molecule has 6 N–H and O–H groups in total. The molecule has 7 aromatic carbocycles. The van der Waals surface area contributed by atoms with Gasteiger partial charge in [0.15, 0.2) is 34.9 Å². The van der Waals surface area contributed by atoms with E-state index < -0.39 is 17.5 Å². The van der Waals surface area contributed by atoms with Gasteiger partial charge in [-0.1, -0.05) is 182 Å². The first-order valence-corrected chi connectivity index (χ1v) is 25.3. The summed E-state index contributed by atoms with van der Waals surface area (Å²) >= 11 is 18.7. The van der Waals surface area contributed by atoms with Gasteiger partial charge in [-0.15, -0.1) is 0 Å². The van der Waals surface area contributed by atoms with E-state index in [0.29, 0.717) is 73.9 Å². The Morgan fingerprint density at radius 3 is 1.24 bits per heavy atom. The molecule has 1 fully saturated rings. The monoisotopic (exact) mass is 1030 g/mol. The Kier molecular flexibility index (Phi) is 16.3. The number of halogens is 6. The fraction of sp³-hybridized carbons (Fsp3) is 0.211. The van der Waals surface area contributed by atoms with Crippen molar-refractivity contribution in [1.29, 1.82) is 0 Å². The van der Waals surface area contributed by atoms with Gasteiger partial charge >= 0.3 is 0 Å². The third kappa shape index (κ3) is 11.2. The number of nitrogens with one attached hydrogen (secondary N) is 6. The van der Waals surface area contributed by atoms with Gasteiger partial charge in [-0.2, -0.15) is 15.3 Å². The first-order valence-electron chi connectivity index (χ1n) is 24.2. The highest BCUT2D eigenvalue weighted by Crippen LogP contribution is 2.40. The van der Waals surface area contributed by atoms with E-state index >= 15 is 0 Å². The number of anilines is 3. The maximum absolute atomic E-state index is 14.7. The molecule has 3 aromatic heterocycles. The fourth-order valence-electron chi connectivity index (χ4n) is 9.02. The van der Waals surface area contributed by atoms with Crippen LogP contribution in [0.15, 0.2) is 140 Å². The fourth-order valence-corrected chi connectivity index (χ4v) is 9.79. The first kappa shape index (κ1) is 50.0. The van der Waals surface area contributed by atoms with Gasteiger partial charge in [0, 0.05) is 52.5 Å². The molecular formula is C57H53Cl3F3N9. The summed E-state index contributed by atoms with van der Waals surface area (Å²) in [6.45, 7) is 4.43. The minimum Gasteiger partial charge on any atom is -0.368 e. The number of hydrogen-bond donors (Lipinski definition) is 6. The van der Waals surface area contributed by atoms with E-state index in [2.05, 4.69) is 65.6 Å². The van der Waals surface area contributed by atoms with Crippen molar-refractivity contribution < 1.29 is 13.2 Å². The van der Waals surface area contributed by atoms with Crippen LogP contribution < -0.4 is 16.0 Å². The predicted molar refractivity (Wildman–Crippen MR) is 292 cm³/mol. The Balaban J connectivity index is 0.000000134. The van der Waals surface area contributed by atoms with Crippen LogP contribution in [-0.4, -0.2) is 50.2 Å². The van der Waals surface area contributed by atoms with Gasteiger partial charge in [-0.3, -0.25) is 15.3 Å². The van der Waals surface area contributed by atoms with Gasteiger partial charge in [0.25, 0.3) is 0 Å². The van der Waals surface area contributed by atoms with E-state index in [1.807, 2.05) is 127 Å². The van der Waals surface area contributed by atoms with Crippen molar-refractivity contribution in [2.45, 2.75) is 51.9 Å². The lowest BCUT2D eigenvalue weighted by Crippen LogP contribution is -2.17. The zero-order valence-electron chi connectivity index (χ0n) is 39.5. The van der Waals surface area contributed by atoms with Crippen LogP contribution in [0.3, 0.4) is 0 Å². The highest BCUT2D eigenvalue weighted by atomic mass is 35.5. The van der Waals surface area contributed by atoms with Gasteiger partial charge in [0.05, 0.1) is 15.1 Å². The van der Waals surface area contributed by atoms with Crippen LogP contribution in [0, 0.1) is 23.4 Å². The van der Waals surface area contributed by atoms with Crippen LogP contribution in [-0.2, 0) is 6.42 Å². The summed E-state index contributed by atoms with van der Waals surface area (Å²) in [6.07, 6.45) is 8.28. The number of aromatic nitrogens is 6. The lowest BCUT2D eigenvalue weighted by Gasteiger charge is -2.21. The van der Waals surface area contributed by atoms with Gasteiger partial charge in [-0.25, -0.2) is 13.2 Å². The molecule has 11 rings (SSSR count). The number of nitrogens with zero attached hydrogens (tertiary/aromatic N) is 3. The van der Waals surface area contributed by atoms with Crippen molar-refractivity contribution in [1.82, 2.24) is 30.6 Å². The molecule has 3 heterocycles. The Labute approximate surface area is 430 Å². The highest BCUT2D eigenvalue weighted by molar-refractivity contribution is 6.35. The van der Waals surface area contributed by atoms with E-state index in [1.54, 1.807) is 0 Å². The van der Waals surface area contributed by atoms with E-state index in [9.17, 15) is 13.2 Å². The Bertz CT molecular complexity index is 3380. The standard InChI is InChI=1S/C21H17ClFN3.C20H21ClFN3.C16H15ClFN3/c22-18-16(15-9-5-2-6-10-15)13-17-20(19(18)23)25-26-21(17)24-12-11-14-7-3-1-4-8-14;21-17-15(14-9-5-2-6-10-14)11-16-19(18(17)22)24-25-20(16)23-12-13-7-3-1-4-8-13;1-2-8-19-16-12-9-11(10-6-4-3-5-7-10)13(17)14(18)15(12)20-21-16/h1-10,13H,11-12H2,(H2,24,25,26);2,5-6,9-11,13H,1,3-4,7-8,12H2,(H2,23,24,25);3-7,9H,2,8H2,1H3,(H2,19,20,21). The third-order valence-corrected chi connectivity index (χ3v) is 14.0. The Hall–Kier alpha value is -6.99. The molecule has 0 amide bonds. The molecule has 72 heavy (non-hydrogen) atoms. The molecule has 15 heteroatoms. The van der Waals surface area contributed by atoms with Crippen LogP contribution in [0.1, 0.15) is 51.0 Å². The molecule has 0 aliphatic heterocycles. The van der Waals surface area contributed by atoms with Crippen LogP contribution in [0.4, 0.5) is 30.6 Å². The summed E-state index contributed by atoms with van der Waals surface area (Å²) in [5, 5.41) is 33.3. The summed E-state index contributed by atoms with van der Waals surface area (Å²) in [4.78, 5) is 0. The lowest BCUT2D eigenvalue weighted by molar-refractivity contribution is 0.373. The number of H-pyrrole nitrogens is 3. The number of aromatic amines is 3. The predicted octanol–water partition coefficient (Wildman–Crippen LogP) is 16.5. The summed E-state index contributed by atoms with van der Waals surface area (Å²) in [6, 6.07) is 44.6. The van der Waals surface area contributed by atoms with E-state index in [-0.39, 0.29) is 15.1 Å². The number of hydrogen-bond acceptors (Lipinski definition) is 6. The smallest absolute Gasteiger partial charge is 0.168 e. The molecule has 0 unspecified atom stereocenters. The second-order valence-electron chi connectivity index (χ2n) is 17.7. The van der Waals surface area contributed by atoms with Gasteiger partial charge in [0.1, 0.15) is 16.6 Å². The van der Waals surface area contributed by atoms with Crippen molar-refractivity contribution in [3.8, 4) is 33.4 Å². The minimum atomic E-state index is -0.480. The van der Waals surface area contributed by atoms with Gasteiger partial charge in [0.2, 0.25) is 0 Å². The van der Waals surface area contributed by atoms with Crippen molar-refractivity contribution in [2.24, 2.45) is 5.92 Å². The summed E-state index contributed by atoms with van der Waals surface area (Å²) < 4.78 is 43.9. The number of fused-ring (bicyclic) bond motifs is 3. The molecule has 10 aromatic rings. The molecule has 0 spiro atoms. The third-order valence-electron chi connectivity index (χ3n) is 12.9. The van der Waals surface area contributed by atoms with Gasteiger partial charge < -0.3 is 16.0 Å². The number of benzene rings is 7. The molecule has 1 aliphatic rings. The second kappa shape index (κ2) is 23.5. The highest BCUT2D eigenvalue weighted by Gasteiger charge is 2.21. The van der Waals surface area contributed by atoms with Crippen molar-refractivity contribution >= 4 is 85.0 Å². The lowest BCUT2D eigenvalue weighted by atomic mass is 9.89. The van der Waals surface area contributed by atoms with E-state index in [4.69, 9.17) is 34.8 Å². The van der Waals surface area contributed by atoms with Crippen molar-refractivity contribution in [3.63, 3.8) is 0 Å². The maximum atomic E-state index is 14.7. The zero-order valence-corrected chi connectivity index (χ0v) is 41.8. The van der Waals surface area contributed by atoms with Crippen LogP contribution in [0.5, 0.6) is 0 Å². The molecule has 0 atom stereocenters. The summed E-state index contributed by atoms with van der Waals surface area (Å²) in [5.74, 6) is 1.26. The SMILES string of the molecule is CCCNc1n[nH]c2c(F)c(Cl)c(-c3ccccc3)cc12.Fc1c(Cl)c(-c2ccccc2)cc2c(NCC3CCCCC3)n[nH]c12.Fc1c(Cl)c(-c2ccccc2)cc2c(NCCc3ccccc3)n[nH]c12. The molecular weight excluding hydrogens is 974 g/mol. The van der Waals surface area contributed by atoms with E-state index in [1.165, 1.54) is 37.7 Å². The molecule has 0 saturated heterocycles. The molecule has 368 valence electrons. The topological polar surface area (TPSA) is 122 Å². The second-order valence-corrected chi connectivity index (χ2v) is 18.8. The Morgan fingerprint density at radius 2 is 0.847 bits per heavy atom. The van der Waals surface area contributed by atoms with E-state index in [0.717, 1.165) is 48.0 Å². The van der Waals surface area contributed by atoms with Crippen LogP contribution in [0.2, 0.25) is 15.1 Å². The maximum Gasteiger partial charge on any atom is 0.168 e. The molecule has 1 aliphatic carbocycles. The average Bonchev–Trinajstić information content (AvgIpc) is 4.17. The minimum absolute atomic E-state index is 0.100. The van der Waals surface area contributed by atoms with Gasteiger partial charge in [-0.05, 0) is 72.1 Å². The number of rotatable bonds is 13. The van der Waals surface area contributed by atoms with Crippen molar-refractivity contribution in [3.05, 3.63) is 178 Å². The first-order chi connectivity index (χ1) is 35.2. The molecule has 0 radical (unpaired) electrons. The average molecular weight is 1030 g/mol. The zero-order chi connectivity index (χ0) is 50.0. The van der Waals surface area contributed by atoms with Crippen LogP contribution >= 0.6 is 34.8 Å². The summed E-state index contributed by atoms with van der Waals surface area (Å²) in [5.41, 5.74) is 6.90. The van der Waals surface area contributed by atoms with Crippen molar-refractivity contribution in [2.75, 3.05) is 35.6 Å². The van der Waals surface area contributed by atoms with Crippen LogP contribution in [0.25, 0.3) is 66.1 Å². The molecule has 0 bridgehead atoms. The summed E-state index contributed by atoms with van der Waals surface area (Å²) in [7, 11) is 0. The normalized spacial score (nSPS) is 12.6. The Morgan fingerprint density at radius 1 is 0.486 bits per heavy atom. The quantitative estimate of drug-likeness (QED) is 0.0684. The molecule has 1 saturated carbocycles. The largest absolute Gasteiger partial charge is 0.368 e.